The number of rotatable bonds is 4. The van der Waals surface area contributed by atoms with E-state index in [1.165, 1.54) is 4.90 Å². The van der Waals surface area contributed by atoms with Gasteiger partial charge >= 0.3 is 5.97 Å². The second-order valence-corrected chi connectivity index (χ2v) is 4.88. The van der Waals surface area contributed by atoms with Crippen molar-refractivity contribution in [2.24, 2.45) is 5.92 Å². The summed E-state index contributed by atoms with van der Waals surface area (Å²) >= 11 is 0. The Morgan fingerprint density at radius 3 is 2.70 bits per heavy atom. The third-order valence-corrected chi connectivity index (χ3v) is 3.32. The molecule has 1 aliphatic rings. The summed E-state index contributed by atoms with van der Waals surface area (Å²) < 4.78 is 0. The monoisotopic (exact) mass is 276 g/mol. The smallest absolute Gasteiger partial charge is 0.308 e. The lowest BCUT2D eigenvalue weighted by Crippen LogP contribution is -2.35. The summed E-state index contributed by atoms with van der Waals surface area (Å²) in [7, 11) is 0. The zero-order valence-electron chi connectivity index (χ0n) is 11.1. The second kappa shape index (κ2) is 5.73. The quantitative estimate of drug-likeness (QED) is 0.854. The van der Waals surface area contributed by atoms with Crippen LogP contribution in [-0.2, 0) is 14.4 Å². The van der Waals surface area contributed by atoms with Gasteiger partial charge in [0.2, 0.25) is 11.8 Å². The van der Waals surface area contributed by atoms with Gasteiger partial charge in [0.05, 0.1) is 12.5 Å². The maximum atomic E-state index is 11.9. The number of anilines is 1. The van der Waals surface area contributed by atoms with Crippen molar-refractivity contribution in [1.82, 2.24) is 4.90 Å². The molecular formula is C14H16N2O4. The van der Waals surface area contributed by atoms with Gasteiger partial charge in [-0.3, -0.25) is 14.4 Å². The Hall–Kier alpha value is -2.37. The topological polar surface area (TPSA) is 86.7 Å². The van der Waals surface area contributed by atoms with Crippen molar-refractivity contribution in [2.45, 2.75) is 13.3 Å². The number of nitrogens with one attached hydrogen (secondary N) is 1. The van der Waals surface area contributed by atoms with Crippen LogP contribution in [0.2, 0.25) is 0 Å². The summed E-state index contributed by atoms with van der Waals surface area (Å²) in [6.07, 6.45) is -0.0347. The van der Waals surface area contributed by atoms with Gasteiger partial charge in [-0.25, -0.2) is 0 Å². The predicted molar refractivity (Wildman–Crippen MR) is 72.1 cm³/mol. The first-order chi connectivity index (χ1) is 9.47. The van der Waals surface area contributed by atoms with E-state index in [1.54, 1.807) is 6.07 Å². The van der Waals surface area contributed by atoms with Gasteiger partial charge in [0.1, 0.15) is 0 Å². The zero-order chi connectivity index (χ0) is 14.7. The van der Waals surface area contributed by atoms with Crippen LogP contribution in [0.3, 0.4) is 0 Å². The molecule has 6 heteroatoms. The first kappa shape index (κ1) is 14.0. The largest absolute Gasteiger partial charge is 0.481 e. The number of carbonyl (C=O) groups excluding carboxylic acids is 2. The minimum absolute atomic E-state index is 0.0347. The highest BCUT2D eigenvalue weighted by molar-refractivity contribution is 5.96. The van der Waals surface area contributed by atoms with Gasteiger partial charge in [-0.2, -0.15) is 0 Å². The van der Waals surface area contributed by atoms with Gasteiger partial charge in [-0.05, 0) is 18.6 Å². The third kappa shape index (κ3) is 3.14. The molecular weight excluding hydrogens is 260 g/mol. The summed E-state index contributed by atoms with van der Waals surface area (Å²) in [6, 6.07) is 7.33. The number of benzene rings is 1. The highest BCUT2D eigenvalue weighted by Crippen LogP contribution is 2.18. The molecule has 2 amide bonds. The van der Waals surface area contributed by atoms with Crippen LogP contribution >= 0.6 is 0 Å². The minimum Gasteiger partial charge on any atom is -0.481 e. The molecule has 0 aliphatic carbocycles. The van der Waals surface area contributed by atoms with E-state index in [9.17, 15) is 14.4 Å². The Morgan fingerprint density at radius 1 is 1.40 bits per heavy atom. The summed E-state index contributed by atoms with van der Waals surface area (Å²) in [4.78, 5) is 35.6. The number of likely N-dealkylation sites (tertiary alicyclic amines) is 1. The molecule has 0 bridgehead atoms. The molecule has 2 N–H and O–H groups in total. The van der Waals surface area contributed by atoms with Crippen molar-refractivity contribution < 1.29 is 19.5 Å². The lowest BCUT2D eigenvalue weighted by Gasteiger charge is -2.16. The maximum absolute atomic E-state index is 11.9. The molecule has 0 saturated carbocycles. The Kier molecular flexibility index (Phi) is 4.02. The summed E-state index contributed by atoms with van der Waals surface area (Å²) in [5.74, 6) is -2.33. The highest BCUT2D eigenvalue weighted by atomic mass is 16.4. The summed E-state index contributed by atoms with van der Waals surface area (Å²) in [6.45, 7) is 1.85. The molecule has 0 spiro atoms. The Bertz CT molecular complexity index is 556. The molecule has 1 saturated heterocycles. The number of aliphatic carboxylic acids is 1. The number of aryl methyl sites for hydroxylation is 1. The number of carboxylic acid groups (broad SMARTS) is 1. The second-order valence-electron chi connectivity index (χ2n) is 4.88. The average Bonchev–Trinajstić information content (AvgIpc) is 2.74. The van der Waals surface area contributed by atoms with E-state index in [4.69, 9.17) is 5.11 Å². The van der Waals surface area contributed by atoms with Gasteiger partial charge in [0, 0.05) is 18.7 Å². The molecule has 0 aromatic heterocycles. The molecule has 1 heterocycles. The summed E-state index contributed by atoms with van der Waals surface area (Å²) in [5.41, 5.74) is 1.62. The highest BCUT2D eigenvalue weighted by Gasteiger charge is 2.35. The molecule has 0 radical (unpaired) electrons. The Balaban J connectivity index is 1.94. The zero-order valence-corrected chi connectivity index (χ0v) is 11.1. The van der Waals surface area contributed by atoms with E-state index >= 15 is 0 Å². The molecule has 20 heavy (non-hydrogen) atoms. The minimum atomic E-state index is -1.000. The normalized spacial score (nSPS) is 18.1. The molecule has 1 aromatic carbocycles. The van der Waals surface area contributed by atoms with Crippen LogP contribution in [0.15, 0.2) is 24.3 Å². The molecule has 1 fully saturated rings. The van der Waals surface area contributed by atoms with Crippen molar-refractivity contribution in [3.05, 3.63) is 29.8 Å². The van der Waals surface area contributed by atoms with Crippen LogP contribution in [0, 0.1) is 12.8 Å². The Labute approximate surface area is 116 Å². The summed E-state index contributed by atoms with van der Waals surface area (Å²) in [5, 5.41) is 11.6. The van der Waals surface area contributed by atoms with E-state index in [0.29, 0.717) is 5.69 Å². The molecule has 1 atom stereocenters. The first-order valence-corrected chi connectivity index (χ1v) is 6.33. The van der Waals surface area contributed by atoms with Gasteiger partial charge in [-0.1, -0.05) is 18.2 Å². The SMILES string of the molecule is Cc1ccccc1NC(=O)CN1CC(C(=O)O)CC1=O. The van der Waals surface area contributed by atoms with E-state index in [0.717, 1.165) is 5.56 Å². The van der Waals surface area contributed by atoms with Gasteiger partial charge in [-0.15, -0.1) is 0 Å². The standard InChI is InChI=1S/C14H16N2O4/c1-9-4-2-3-5-11(9)15-12(17)8-16-7-10(14(19)20)6-13(16)18/h2-5,10H,6-8H2,1H3,(H,15,17)(H,19,20). The number of amides is 2. The van der Waals surface area contributed by atoms with Crippen molar-refractivity contribution >= 4 is 23.5 Å². The molecule has 106 valence electrons. The van der Waals surface area contributed by atoms with Crippen molar-refractivity contribution in [1.29, 1.82) is 0 Å². The van der Waals surface area contributed by atoms with Crippen LogP contribution in [-0.4, -0.2) is 40.9 Å². The van der Waals surface area contributed by atoms with E-state index in [2.05, 4.69) is 5.32 Å². The van der Waals surface area contributed by atoms with Gasteiger partial charge < -0.3 is 15.3 Å². The van der Waals surface area contributed by atoms with Crippen LogP contribution in [0.4, 0.5) is 5.69 Å². The van der Waals surface area contributed by atoms with Crippen LogP contribution in [0.5, 0.6) is 0 Å². The fraction of sp³-hybridized carbons (Fsp3) is 0.357. The van der Waals surface area contributed by atoms with Gasteiger partial charge in [0.25, 0.3) is 0 Å². The molecule has 1 unspecified atom stereocenters. The van der Waals surface area contributed by atoms with Crippen molar-refractivity contribution in [2.75, 3.05) is 18.4 Å². The number of carboxylic acids is 1. The van der Waals surface area contributed by atoms with E-state index < -0.39 is 11.9 Å². The van der Waals surface area contributed by atoms with Crippen LogP contribution < -0.4 is 5.32 Å². The number of hydrogen-bond donors (Lipinski definition) is 2. The lowest BCUT2D eigenvalue weighted by molar-refractivity contribution is -0.141. The first-order valence-electron chi connectivity index (χ1n) is 6.33. The average molecular weight is 276 g/mol. The Morgan fingerprint density at radius 2 is 2.10 bits per heavy atom. The molecule has 2 rings (SSSR count). The number of nitrogens with zero attached hydrogens (tertiary/aromatic N) is 1. The van der Waals surface area contributed by atoms with E-state index in [-0.39, 0.29) is 31.3 Å². The van der Waals surface area contributed by atoms with Crippen molar-refractivity contribution in [3.63, 3.8) is 0 Å². The predicted octanol–water partition coefficient (Wildman–Crippen LogP) is 0.867. The van der Waals surface area contributed by atoms with Crippen LogP contribution in [0.25, 0.3) is 0 Å². The lowest BCUT2D eigenvalue weighted by atomic mass is 10.1. The molecule has 1 aromatic rings. The number of carbonyl (C=O) groups is 3. The van der Waals surface area contributed by atoms with Crippen molar-refractivity contribution in [3.8, 4) is 0 Å². The fourth-order valence-corrected chi connectivity index (χ4v) is 2.17. The molecule has 1 aliphatic heterocycles. The fourth-order valence-electron chi connectivity index (χ4n) is 2.17. The van der Waals surface area contributed by atoms with Gasteiger partial charge in [0.15, 0.2) is 0 Å². The maximum Gasteiger partial charge on any atom is 0.308 e. The number of para-hydroxylation sites is 1. The van der Waals surface area contributed by atoms with Crippen LogP contribution in [0.1, 0.15) is 12.0 Å². The third-order valence-electron chi connectivity index (χ3n) is 3.32. The molecule has 6 nitrogen and oxygen atoms in total. The van der Waals surface area contributed by atoms with E-state index in [1.807, 2.05) is 25.1 Å². The number of hydrogen-bond acceptors (Lipinski definition) is 3.